The van der Waals surface area contributed by atoms with Gasteiger partial charge in [0.05, 0.1) is 15.4 Å². The number of halogens is 3. The molecule has 3 aromatic rings. The van der Waals surface area contributed by atoms with Gasteiger partial charge in [0.1, 0.15) is 11.3 Å². The van der Waals surface area contributed by atoms with Crippen LogP contribution in [0.1, 0.15) is 23.1 Å². The van der Waals surface area contributed by atoms with Crippen molar-refractivity contribution in [3.63, 3.8) is 0 Å². The maximum absolute atomic E-state index is 13.0. The van der Waals surface area contributed by atoms with Crippen LogP contribution in [0.2, 0.25) is 0 Å². The first-order valence-electron chi connectivity index (χ1n) is 8.86. The molecule has 1 aliphatic rings. The van der Waals surface area contributed by atoms with E-state index in [0.717, 1.165) is 12.0 Å². The molecule has 1 heterocycles. The third kappa shape index (κ3) is 3.56. The number of benzene rings is 2. The summed E-state index contributed by atoms with van der Waals surface area (Å²) in [5.74, 6) is -1.15. The van der Waals surface area contributed by atoms with Gasteiger partial charge in [0.15, 0.2) is 0 Å². The molecule has 12 heteroatoms. The normalized spacial score (nSPS) is 13.3. The van der Waals surface area contributed by atoms with Gasteiger partial charge < -0.3 is 9.15 Å². The minimum atomic E-state index is -5.04. The lowest BCUT2D eigenvalue weighted by Gasteiger charge is -2.11. The Hall–Kier alpha value is -3.96. The summed E-state index contributed by atoms with van der Waals surface area (Å²) in [5.41, 5.74) is -3.07. The van der Waals surface area contributed by atoms with E-state index in [-0.39, 0.29) is 23.5 Å². The molecule has 0 saturated carbocycles. The highest BCUT2D eigenvalue weighted by molar-refractivity contribution is 5.83. The van der Waals surface area contributed by atoms with E-state index in [1.54, 1.807) is 0 Å². The standard InChI is InChI=1S/C19H11F3N2O7/c20-19(21,22)9-6-14(23(26)27)17(15(7-9)24(28)29)30-10-4-5-12-11-2-1-3-13(11)18(25)31-16(12)8-10/h4-8H,1-3H2. The summed E-state index contributed by atoms with van der Waals surface area (Å²) in [5, 5.41) is 23.3. The highest BCUT2D eigenvalue weighted by atomic mass is 19.4. The minimum absolute atomic E-state index is 0.0976. The molecule has 2 aromatic carbocycles. The average molecular weight is 436 g/mol. The van der Waals surface area contributed by atoms with Crippen LogP contribution in [-0.2, 0) is 19.0 Å². The van der Waals surface area contributed by atoms with Crippen LogP contribution in [0, 0.1) is 20.2 Å². The van der Waals surface area contributed by atoms with Crippen LogP contribution in [0.25, 0.3) is 11.0 Å². The summed E-state index contributed by atoms with van der Waals surface area (Å²) in [6.45, 7) is 0. The van der Waals surface area contributed by atoms with Gasteiger partial charge in [-0.2, -0.15) is 13.2 Å². The molecule has 160 valence electrons. The number of rotatable bonds is 4. The van der Waals surface area contributed by atoms with Gasteiger partial charge in [0.25, 0.3) is 5.75 Å². The van der Waals surface area contributed by atoms with Gasteiger partial charge in [-0.25, -0.2) is 4.79 Å². The monoisotopic (exact) mass is 436 g/mol. The van der Waals surface area contributed by atoms with E-state index in [2.05, 4.69) is 0 Å². The van der Waals surface area contributed by atoms with Gasteiger partial charge in [-0.1, -0.05) is 0 Å². The molecule has 1 aliphatic carbocycles. The van der Waals surface area contributed by atoms with E-state index in [4.69, 9.17) is 9.15 Å². The highest BCUT2D eigenvalue weighted by Crippen LogP contribution is 2.45. The summed E-state index contributed by atoms with van der Waals surface area (Å²) in [4.78, 5) is 32.4. The second-order valence-electron chi connectivity index (χ2n) is 6.82. The van der Waals surface area contributed by atoms with E-state index in [1.807, 2.05) is 0 Å². The smallest absolute Gasteiger partial charge is 0.416 e. The van der Waals surface area contributed by atoms with Gasteiger partial charge in [-0.05, 0) is 37.0 Å². The Morgan fingerprint density at radius 2 is 1.58 bits per heavy atom. The molecule has 0 unspecified atom stereocenters. The number of hydrogen-bond acceptors (Lipinski definition) is 7. The van der Waals surface area contributed by atoms with Crippen LogP contribution >= 0.6 is 0 Å². The van der Waals surface area contributed by atoms with Crippen molar-refractivity contribution < 1.29 is 32.2 Å². The van der Waals surface area contributed by atoms with Crippen LogP contribution < -0.4 is 10.4 Å². The summed E-state index contributed by atoms with van der Waals surface area (Å²) in [6.07, 6.45) is -3.02. The Morgan fingerprint density at radius 1 is 0.968 bits per heavy atom. The number of fused-ring (bicyclic) bond motifs is 3. The predicted octanol–water partition coefficient (Wildman–Crippen LogP) is 4.91. The van der Waals surface area contributed by atoms with E-state index in [1.165, 1.54) is 18.2 Å². The van der Waals surface area contributed by atoms with Gasteiger partial charge >= 0.3 is 23.2 Å². The molecular weight excluding hydrogens is 425 g/mol. The molecule has 0 aliphatic heterocycles. The number of nitro groups is 2. The lowest BCUT2D eigenvalue weighted by molar-refractivity contribution is -0.396. The van der Waals surface area contributed by atoms with E-state index in [9.17, 15) is 38.2 Å². The number of nitro benzene ring substituents is 2. The molecule has 1 aromatic heterocycles. The van der Waals surface area contributed by atoms with Crippen molar-refractivity contribution in [3.8, 4) is 11.5 Å². The maximum Gasteiger partial charge on any atom is 0.416 e. The van der Waals surface area contributed by atoms with Crippen molar-refractivity contribution in [2.24, 2.45) is 0 Å². The van der Waals surface area contributed by atoms with Gasteiger partial charge in [-0.15, -0.1) is 0 Å². The van der Waals surface area contributed by atoms with Crippen LogP contribution in [0.4, 0.5) is 24.5 Å². The Kier molecular flexibility index (Phi) is 4.64. The zero-order valence-electron chi connectivity index (χ0n) is 15.4. The Balaban J connectivity index is 1.86. The molecule has 0 bridgehead atoms. The Labute approximate surface area is 170 Å². The second-order valence-corrected chi connectivity index (χ2v) is 6.82. The third-order valence-corrected chi connectivity index (χ3v) is 4.94. The quantitative estimate of drug-likeness (QED) is 0.323. The van der Waals surface area contributed by atoms with Gasteiger partial charge in [0.2, 0.25) is 0 Å². The van der Waals surface area contributed by atoms with Crippen LogP contribution in [0.15, 0.2) is 39.5 Å². The first-order chi connectivity index (χ1) is 14.6. The van der Waals surface area contributed by atoms with Crippen molar-refractivity contribution in [1.29, 1.82) is 0 Å². The third-order valence-electron chi connectivity index (χ3n) is 4.94. The Bertz CT molecular complexity index is 1280. The summed E-state index contributed by atoms with van der Waals surface area (Å²) >= 11 is 0. The lowest BCUT2D eigenvalue weighted by Crippen LogP contribution is -2.08. The molecule has 31 heavy (non-hydrogen) atoms. The number of aryl methyl sites for hydroxylation is 1. The van der Waals surface area contributed by atoms with E-state index in [0.29, 0.717) is 23.8 Å². The van der Waals surface area contributed by atoms with Crippen LogP contribution in [-0.4, -0.2) is 9.85 Å². The summed E-state index contributed by atoms with van der Waals surface area (Å²) in [6, 6.07) is 4.40. The summed E-state index contributed by atoms with van der Waals surface area (Å²) < 4.78 is 49.6. The fourth-order valence-corrected chi connectivity index (χ4v) is 3.58. The van der Waals surface area contributed by atoms with E-state index >= 15 is 0 Å². The van der Waals surface area contributed by atoms with Crippen molar-refractivity contribution in [3.05, 3.63) is 77.7 Å². The van der Waals surface area contributed by atoms with Crippen molar-refractivity contribution in [1.82, 2.24) is 0 Å². The molecule has 0 N–H and O–H groups in total. The molecule has 0 spiro atoms. The molecule has 0 amide bonds. The largest absolute Gasteiger partial charge is 0.444 e. The van der Waals surface area contributed by atoms with Crippen LogP contribution in [0.5, 0.6) is 11.5 Å². The van der Waals surface area contributed by atoms with Crippen molar-refractivity contribution >= 4 is 22.3 Å². The average Bonchev–Trinajstić information content (AvgIpc) is 3.17. The van der Waals surface area contributed by atoms with Gasteiger partial charge in [0, 0.05) is 29.1 Å². The van der Waals surface area contributed by atoms with Crippen molar-refractivity contribution in [2.45, 2.75) is 25.4 Å². The Morgan fingerprint density at radius 3 is 2.16 bits per heavy atom. The fraction of sp³-hybridized carbons (Fsp3) is 0.211. The van der Waals surface area contributed by atoms with Gasteiger partial charge in [-0.3, -0.25) is 20.2 Å². The first-order valence-corrected chi connectivity index (χ1v) is 8.86. The number of nitrogens with zero attached hydrogens (tertiary/aromatic N) is 2. The first kappa shape index (κ1) is 20.3. The minimum Gasteiger partial charge on any atom is -0.444 e. The molecule has 0 saturated heterocycles. The highest BCUT2D eigenvalue weighted by Gasteiger charge is 2.38. The molecule has 9 nitrogen and oxygen atoms in total. The zero-order valence-corrected chi connectivity index (χ0v) is 15.4. The molecule has 0 radical (unpaired) electrons. The molecular formula is C19H11F3N2O7. The zero-order chi connectivity index (χ0) is 22.5. The number of ether oxygens (including phenoxy) is 1. The lowest BCUT2D eigenvalue weighted by atomic mass is 10.1. The molecule has 0 fully saturated rings. The SMILES string of the molecule is O=c1oc2cc(Oc3c([N+](=O)[O-])cc(C(F)(F)F)cc3[N+](=O)[O-])ccc2c2c1CCC2. The molecule has 0 atom stereocenters. The maximum atomic E-state index is 13.0. The van der Waals surface area contributed by atoms with E-state index < -0.39 is 44.3 Å². The topological polar surface area (TPSA) is 126 Å². The number of hydrogen-bond donors (Lipinski definition) is 0. The second kappa shape index (κ2) is 7.07. The fourth-order valence-electron chi connectivity index (χ4n) is 3.58. The van der Waals surface area contributed by atoms with Crippen molar-refractivity contribution in [2.75, 3.05) is 0 Å². The van der Waals surface area contributed by atoms with Crippen LogP contribution in [0.3, 0.4) is 0 Å². The summed E-state index contributed by atoms with van der Waals surface area (Å²) in [7, 11) is 0. The predicted molar refractivity (Wildman–Crippen MR) is 99.3 cm³/mol. The molecule has 4 rings (SSSR count). The number of alkyl halides is 3.